The maximum absolute atomic E-state index is 12.4. The number of likely N-dealkylation sites (N-methyl/N-ethyl adjacent to an activating group) is 1. The molecule has 20 heavy (non-hydrogen) atoms. The number of hydrogen-bond donors (Lipinski definition) is 1. The summed E-state index contributed by atoms with van der Waals surface area (Å²) in [5.41, 5.74) is 1.16. The first kappa shape index (κ1) is 15.2. The zero-order valence-electron chi connectivity index (χ0n) is 11.9. The van der Waals surface area contributed by atoms with Gasteiger partial charge in [-0.1, -0.05) is 31.2 Å². The maximum Gasteiger partial charge on any atom is 0.243 e. The van der Waals surface area contributed by atoms with Crippen molar-refractivity contribution < 1.29 is 8.42 Å². The monoisotopic (exact) mass is 294 g/mol. The fourth-order valence-corrected chi connectivity index (χ4v) is 3.63. The molecular formula is C15H22N2O2S. The van der Waals surface area contributed by atoms with Crippen LogP contribution in [0.1, 0.15) is 18.9 Å². The van der Waals surface area contributed by atoms with E-state index in [0.717, 1.165) is 31.5 Å². The Balaban J connectivity index is 2.06. The van der Waals surface area contributed by atoms with E-state index in [2.05, 4.69) is 12.2 Å². The molecule has 0 bridgehead atoms. The third-order valence-corrected chi connectivity index (χ3v) is 5.30. The van der Waals surface area contributed by atoms with Crippen molar-refractivity contribution in [2.75, 3.05) is 26.2 Å². The molecule has 1 N–H and O–H groups in total. The second-order valence-corrected chi connectivity index (χ2v) is 6.81. The predicted octanol–water partition coefficient (Wildman–Crippen LogP) is 1.79. The first-order valence-corrected chi connectivity index (χ1v) is 8.53. The molecule has 1 aromatic carbocycles. The lowest BCUT2D eigenvalue weighted by molar-refractivity contribution is 0.437. The largest absolute Gasteiger partial charge is 0.317 e. The molecule has 0 saturated carbocycles. The molecule has 0 aliphatic carbocycles. The first-order chi connectivity index (χ1) is 9.64. The van der Waals surface area contributed by atoms with Gasteiger partial charge in [0.25, 0.3) is 0 Å². The molecule has 0 fully saturated rings. The van der Waals surface area contributed by atoms with Crippen molar-refractivity contribution in [3.63, 3.8) is 0 Å². The summed E-state index contributed by atoms with van der Waals surface area (Å²) in [4.78, 5) is 0.389. The highest BCUT2D eigenvalue weighted by Crippen LogP contribution is 2.18. The Kier molecular flexibility index (Phi) is 5.34. The van der Waals surface area contributed by atoms with E-state index >= 15 is 0 Å². The molecule has 4 nitrogen and oxygen atoms in total. The molecule has 5 heteroatoms. The lowest BCUT2D eigenvalue weighted by Crippen LogP contribution is -2.33. The van der Waals surface area contributed by atoms with Crippen LogP contribution in [0.15, 0.2) is 41.3 Å². The minimum Gasteiger partial charge on any atom is -0.317 e. The van der Waals surface area contributed by atoms with Crippen LogP contribution >= 0.6 is 0 Å². The Bertz CT molecular complexity index is 550. The van der Waals surface area contributed by atoms with Crippen molar-refractivity contribution >= 4 is 10.0 Å². The van der Waals surface area contributed by atoms with Gasteiger partial charge in [0.1, 0.15) is 0 Å². The van der Waals surface area contributed by atoms with Crippen LogP contribution in [0.3, 0.4) is 0 Å². The molecule has 1 aliphatic rings. The molecule has 0 aromatic heterocycles. The van der Waals surface area contributed by atoms with Crippen LogP contribution in [0.5, 0.6) is 0 Å². The Morgan fingerprint density at radius 3 is 2.55 bits per heavy atom. The second-order valence-electron chi connectivity index (χ2n) is 4.87. The SMILES string of the molecule is CCNCCc1ccc(S(=O)(=O)N2CC=CCC2)cc1. The van der Waals surface area contributed by atoms with Crippen molar-refractivity contribution in [2.45, 2.75) is 24.7 Å². The van der Waals surface area contributed by atoms with Gasteiger partial charge in [0.2, 0.25) is 10.0 Å². The molecule has 0 atom stereocenters. The van der Waals surface area contributed by atoms with E-state index in [9.17, 15) is 8.42 Å². The highest BCUT2D eigenvalue weighted by atomic mass is 32.2. The van der Waals surface area contributed by atoms with Crippen molar-refractivity contribution in [1.82, 2.24) is 9.62 Å². The summed E-state index contributed by atoms with van der Waals surface area (Å²) in [7, 11) is -3.34. The standard InChI is InChI=1S/C15H22N2O2S/c1-2-16-11-10-14-6-8-15(9-7-14)20(18,19)17-12-4-3-5-13-17/h3-4,6-9,16H,2,5,10-13H2,1H3. The van der Waals surface area contributed by atoms with Crippen molar-refractivity contribution in [3.05, 3.63) is 42.0 Å². The number of nitrogens with zero attached hydrogens (tertiary/aromatic N) is 1. The van der Waals surface area contributed by atoms with Crippen LogP contribution in [-0.4, -0.2) is 38.9 Å². The van der Waals surface area contributed by atoms with Gasteiger partial charge < -0.3 is 5.32 Å². The van der Waals surface area contributed by atoms with Crippen molar-refractivity contribution in [1.29, 1.82) is 0 Å². The summed E-state index contributed by atoms with van der Waals surface area (Å²) in [6.45, 7) is 4.99. The van der Waals surface area contributed by atoms with Crippen LogP contribution in [0.2, 0.25) is 0 Å². The van der Waals surface area contributed by atoms with Gasteiger partial charge in [-0.05, 0) is 43.6 Å². The van der Waals surface area contributed by atoms with E-state index in [4.69, 9.17) is 0 Å². The molecule has 1 heterocycles. The number of sulfonamides is 1. The highest BCUT2D eigenvalue weighted by molar-refractivity contribution is 7.89. The first-order valence-electron chi connectivity index (χ1n) is 7.09. The summed E-state index contributed by atoms with van der Waals surface area (Å²) < 4.78 is 26.4. The van der Waals surface area contributed by atoms with Crippen LogP contribution < -0.4 is 5.32 Å². The van der Waals surface area contributed by atoms with E-state index in [1.807, 2.05) is 24.3 Å². The van der Waals surface area contributed by atoms with E-state index < -0.39 is 10.0 Å². The van der Waals surface area contributed by atoms with Gasteiger partial charge in [0, 0.05) is 13.1 Å². The maximum atomic E-state index is 12.4. The minimum absolute atomic E-state index is 0.389. The molecule has 0 radical (unpaired) electrons. The smallest absolute Gasteiger partial charge is 0.243 e. The lowest BCUT2D eigenvalue weighted by atomic mass is 10.1. The molecule has 1 aromatic rings. The summed E-state index contributed by atoms with van der Waals surface area (Å²) in [5, 5.41) is 3.26. The van der Waals surface area contributed by atoms with Crippen LogP contribution in [-0.2, 0) is 16.4 Å². The fourth-order valence-electron chi connectivity index (χ4n) is 2.22. The molecule has 1 aliphatic heterocycles. The molecule has 2 rings (SSSR count). The van der Waals surface area contributed by atoms with Crippen molar-refractivity contribution in [2.24, 2.45) is 0 Å². The molecular weight excluding hydrogens is 272 g/mol. The Morgan fingerprint density at radius 2 is 1.95 bits per heavy atom. The molecule has 0 saturated heterocycles. The predicted molar refractivity (Wildman–Crippen MR) is 81.2 cm³/mol. The number of benzene rings is 1. The summed E-state index contributed by atoms with van der Waals surface area (Å²) in [6, 6.07) is 7.25. The Hall–Kier alpha value is -1.17. The second kappa shape index (κ2) is 7.02. The van der Waals surface area contributed by atoms with E-state index in [0.29, 0.717) is 18.0 Å². The number of hydrogen-bond acceptors (Lipinski definition) is 3. The fraction of sp³-hybridized carbons (Fsp3) is 0.467. The van der Waals surface area contributed by atoms with Gasteiger partial charge >= 0.3 is 0 Å². The topological polar surface area (TPSA) is 49.4 Å². The van der Waals surface area contributed by atoms with Crippen LogP contribution in [0, 0.1) is 0 Å². The van der Waals surface area contributed by atoms with E-state index in [1.165, 1.54) is 4.31 Å². The van der Waals surface area contributed by atoms with Gasteiger partial charge in [-0.3, -0.25) is 0 Å². The summed E-state index contributed by atoms with van der Waals surface area (Å²) in [5.74, 6) is 0. The Morgan fingerprint density at radius 1 is 1.20 bits per heavy atom. The normalized spacial score (nSPS) is 16.4. The van der Waals surface area contributed by atoms with Gasteiger partial charge in [0.15, 0.2) is 0 Å². The van der Waals surface area contributed by atoms with Crippen LogP contribution in [0.4, 0.5) is 0 Å². The Labute approximate surface area is 121 Å². The van der Waals surface area contributed by atoms with Crippen LogP contribution in [0.25, 0.3) is 0 Å². The zero-order chi connectivity index (χ0) is 14.4. The average molecular weight is 294 g/mol. The summed E-state index contributed by atoms with van der Waals surface area (Å²) >= 11 is 0. The van der Waals surface area contributed by atoms with E-state index in [1.54, 1.807) is 12.1 Å². The van der Waals surface area contributed by atoms with Gasteiger partial charge in [-0.2, -0.15) is 4.31 Å². The zero-order valence-corrected chi connectivity index (χ0v) is 12.7. The third-order valence-electron chi connectivity index (χ3n) is 3.42. The average Bonchev–Trinajstić information content (AvgIpc) is 2.49. The molecule has 0 amide bonds. The molecule has 0 unspecified atom stereocenters. The summed E-state index contributed by atoms with van der Waals surface area (Å²) in [6.07, 6.45) is 5.64. The molecule has 0 spiro atoms. The lowest BCUT2D eigenvalue weighted by Gasteiger charge is -2.22. The number of nitrogens with one attached hydrogen (secondary N) is 1. The third kappa shape index (κ3) is 3.69. The van der Waals surface area contributed by atoms with Gasteiger partial charge in [0.05, 0.1) is 4.90 Å². The molecule has 110 valence electrons. The van der Waals surface area contributed by atoms with Gasteiger partial charge in [-0.25, -0.2) is 8.42 Å². The van der Waals surface area contributed by atoms with E-state index in [-0.39, 0.29) is 0 Å². The number of rotatable bonds is 6. The minimum atomic E-state index is -3.34. The van der Waals surface area contributed by atoms with Gasteiger partial charge in [-0.15, -0.1) is 0 Å². The highest BCUT2D eigenvalue weighted by Gasteiger charge is 2.23. The van der Waals surface area contributed by atoms with Crippen molar-refractivity contribution in [3.8, 4) is 0 Å². The quantitative estimate of drug-likeness (QED) is 0.643.